The van der Waals surface area contributed by atoms with Crippen LogP contribution in [0.15, 0.2) is 0 Å². The van der Waals surface area contributed by atoms with Crippen LogP contribution >= 0.6 is 0 Å². The molecule has 0 radical (unpaired) electrons. The molecule has 1 aliphatic rings. The van der Waals surface area contributed by atoms with Crippen molar-refractivity contribution in [2.45, 2.75) is 116 Å². The summed E-state index contributed by atoms with van der Waals surface area (Å²) in [5.41, 5.74) is 0. The summed E-state index contributed by atoms with van der Waals surface area (Å²) in [4.78, 5) is 0. The van der Waals surface area contributed by atoms with Crippen molar-refractivity contribution < 1.29 is 22.4 Å². The lowest BCUT2D eigenvalue weighted by atomic mass is 10.1. The van der Waals surface area contributed by atoms with Crippen molar-refractivity contribution in [1.82, 2.24) is 0 Å². The molecule has 0 aliphatic carbocycles. The van der Waals surface area contributed by atoms with Gasteiger partial charge in [0.2, 0.25) is 0 Å². The Morgan fingerprint density at radius 2 is 1.00 bits per heavy atom. The fraction of sp³-hybridized carbons (Fsp3) is 1.00. The molecular formula is C18H44O5Si4. The van der Waals surface area contributed by atoms with Crippen LogP contribution in [0, 0.1) is 0 Å². The smallest absolute Gasteiger partial charge is 0.187 e. The molecule has 0 amide bonds. The Kier molecular flexibility index (Phi) is 8.38. The summed E-state index contributed by atoms with van der Waals surface area (Å²) in [5.74, 6) is 0. The Labute approximate surface area is 172 Å². The first-order valence-corrected chi connectivity index (χ1v) is 23.8. The van der Waals surface area contributed by atoms with Gasteiger partial charge >= 0.3 is 0 Å². The average molecular weight is 453 g/mol. The average Bonchev–Trinajstić information content (AvgIpc) is 2.60. The van der Waals surface area contributed by atoms with Crippen molar-refractivity contribution >= 4 is 33.3 Å². The lowest BCUT2D eigenvalue weighted by molar-refractivity contribution is -0.128. The van der Waals surface area contributed by atoms with Gasteiger partial charge in [-0.3, -0.25) is 0 Å². The quantitative estimate of drug-likeness (QED) is 0.447. The van der Waals surface area contributed by atoms with Gasteiger partial charge in [0.05, 0.1) is 6.10 Å². The number of hydrogen-bond donors (Lipinski definition) is 0. The lowest BCUT2D eigenvalue weighted by Crippen LogP contribution is -2.52. The fourth-order valence-electron chi connectivity index (χ4n) is 3.17. The van der Waals surface area contributed by atoms with Gasteiger partial charge in [-0.2, -0.15) is 0 Å². The molecule has 0 spiro atoms. The molecular weight excluding hydrogens is 409 g/mol. The van der Waals surface area contributed by atoms with E-state index in [1.54, 1.807) is 0 Å². The van der Waals surface area contributed by atoms with Crippen molar-refractivity contribution in [2.75, 3.05) is 0 Å². The van der Waals surface area contributed by atoms with Crippen LogP contribution in [0.3, 0.4) is 0 Å². The molecule has 0 unspecified atom stereocenters. The van der Waals surface area contributed by atoms with Gasteiger partial charge in [0.25, 0.3) is 0 Å². The summed E-state index contributed by atoms with van der Waals surface area (Å²) in [7, 11) is -7.12. The normalized spacial score (nSPS) is 29.2. The van der Waals surface area contributed by atoms with Gasteiger partial charge in [-0.05, 0) is 85.5 Å². The minimum Gasteiger partial charge on any atom is -0.412 e. The Hall–Kier alpha value is 0.668. The maximum atomic E-state index is 6.63. The van der Waals surface area contributed by atoms with E-state index in [2.05, 4.69) is 85.5 Å². The van der Waals surface area contributed by atoms with E-state index in [9.17, 15) is 0 Å². The topological polar surface area (TPSA) is 46.2 Å². The van der Waals surface area contributed by atoms with Gasteiger partial charge < -0.3 is 22.4 Å². The Morgan fingerprint density at radius 3 is 1.37 bits per heavy atom. The molecule has 0 N–H and O–H groups in total. The number of hydrogen-bond acceptors (Lipinski definition) is 5. The summed E-state index contributed by atoms with van der Waals surface area (Å²) in [6.07, 6.45) is -0.974. The first kappa shape index (κ1) is 25.7. The van der Waals surface area contributed by atoms with Crippen molar-refractivity contribution in [2.24, 2.45) is 0 Å². The minimum atomic E-state index is -1.81. The first-order valence-electron chi connectivity index (χ1n) is 10.1. The molecule has 0 aromatic rings. The van der Waals surface area contributed by atoms with Crippen LogP contribution < -0.4 is 0 Å². The molecule has 9 heteroatoms. The highest BCUT2D eigenvalue weighted by Crippen LogP contribution is 2.35. The highest BCUT2D eigenvalue weighted by atomic mass is 28.4. The van der Waals surface area contributed by atoms with Crippen molar-refractivity contribution in [3.05, 3.63) is 0 Å². The molecule has 162 valence electrons. The molecule has 1 aliphatic heterocycles. The predicted octanol–water partition coefficient (Wildman–Crippen LogP) is 5.24. The summed E-state index contributed by atoms with van der Waals surface area (Å²) >= 11 is 0. The highest BCUT2D eigenvalue weighted by molar-refractivity contribution is 6.71. The van der Waals surface area contributed by atoms with E-state index in [1.165, 1.54) is 0 Å². The zero-order valence-electron chi connectivity index (χ0n) is 19.9. The molecule has 27 heavy (non-hydrogen) atoms. The number of ether oxygens (including phenoxy) is 1. The predicted molar refractivity (Wildman–Crippen MR) is 123 cm³/mol. The van der Waals surface area contributed by atoms with Crippen LogP contribution in [-0.2, 0) is 22.4 Å². The third-order valence-corrected chi connectivity index (χ3v) is 7.64. The maximum absolute atomic E-state index is 6.63. The third kappa shape index (κ3) is 9.81. The van der Waals surface area contributed by atoms with E-state index in [-0.39, 0.29) is 30.7 Å². The maximum Gasteiger partial charge on any atom is 0.187 e. The number of rotatable bonds is 9. The minimum absolute atomic E-state index is 0.0546. The molecule has 0 aromatic carbocycles. The van der Waals surface area contributed by atoms with Gasteiger partial charge in [0.1, 0.15) is 18.3 Å². The van der Waals surface area contributed by atoms with Crippen LogP contribution in [-0.4, -0.2) is 64.0 Å². The lowest BCUT2D eigenvalue weighted by Gasteiger charge is -2.36. The van der Waals surface area contributed by atoms with Crippen LogP contribution in [0.5, 0.6) is 0 Å². The SMILES string of the molecule is C[C@H](O[Si](C)(C)C)[C@H]1O[C@@H](O[Si](C)(C)C)[C@@H](O[Si](C)(C)C)[C@@H]1O[Si](C)(C)C. The Morgan fingerprint density at radius 1 is 0.593 bits per heavy atom. The van der Waals surface area contributed by atoms with Crippen molar-refractivity contribution in [1.29, 1.82) is 0 Å². The highest BCUT2D eigenvalue weighted by Gasteiger charge is 2.52. The molecule has 1 fully saturated rings. The van der Waals surface area contributed by atoms with Gasteiger partial charge in [-0.1, -0.05) is 0 Å². The monoisotopic (exact) mass is 452 g/mol. The van der Waals surface area contributed by atoms with Gasteiger partial charge in [0.15, 0.2) is 39.6 Å². The molecule has 1 rings (SSSR count). The molecule has 1 heterocycles. The molecule has 0 saturated carbocycles. The van der Waals surface area contributed by atoms with E-state index >= 15 is 0 Å². The van der Waals surface area contributed by atoms with E-state index in [0.29, 0.717) is 0 Å². The van der Waals surface area contributed by atoms with Crippen molar-refractivity contribution in [3.63, 3.8) is 0 Å². The summed E-state index contributed by atoms with van der Waals surface area (Å²) in [6.45, 7) is 28.6. The standard InChI is InChI=1S/C18H44O5Si4/c1-14(20-24(2,3)4)15-16(21-25(5,6)7)17(22-26(8,9)10)18(19-15)23-27(11,12)13/h14-18H,1-13H3/t14-,15+,16+,17-,18-/m0/s1. The second-order valence-corrected chi connectivity index (χ2v) is 29.4. The first-order chi connectivity index (χ1) is 11.8. The molecule has 5 nitrogen and oxygen atoms in total. The fourth-order valence-corrected chi connectivity index (χ4v) is 7.45. The van der Waals surface area contributed by atoms with E-state index in [0.717, 1.165) is 0 Å². The van der Waals surface area contributed by atoms with Gasteiger partial charge in [0, 0.05) is 0 Å². The van der Waals surface area contributed by atoms with E-state index in [1.807, 2.05) is 0 Å². The van der Waals surface area contributed by atoms with E-state index in [4.69, 9.17) is 22.4 Å². The summed E-state index contributed by atoms with van der Waals surface area (Å²) < 4.78 is 32.5. The second-order valence-electron chi connectivity index (χ2n) is 11.5. The molecule has 5 atom stereocenters. The third-order valence-electron chi connectivity index (χ3n) is 3.66. The second kappa shape index (κ2) is 8.81. The molecule has 1 saturated heterocycles. The molecule has 0 aromatic heterocycles. The summed E-state index contributed by atoms with van der Waals surface area (Å²) in [5, 5.41) is 0. The van der Waals surface area contributed by atoms with Gasteiger partial charge in [-0.15, -0.1) is 0 Å². The van der Waals surface area contributed by atoms with Crippen LogP contribution in [0.2, 0.25) is 78.6 Å². The van der Waals surface area contributed by atoms with Crippen molar-refractivity contribution in [3.8, 4) is 0 Å². The van der Waals surface area contributed by atoms with E-state index < -0.39 is 33.3 Å². The van der Waals surface area contributed by atoms with Crippen LogP contribution in [0.25, 0.3) is 0 Å². The molecule has 0 bridgehead atoms. The summed E-state index contributed by atoms with van der Waals surface area (Å²) in [6, 6.07) is 0. The Bertz CT molecular complexity index is 476. The largest absolute Gasteiger partial charge is 0.412 e. The Balaban J connectivity index is 3.22. The van der Waals surface area contributed by atoms with Gasteiger partial charge in [-0.25, -0.2) is 0 Å². The zero-order valence-corrected chi connectivity index (χ0v) is 23.9. The zero-order chi connectivity index (χ0) is 21.4. The van der Waals surface area contributed by atoms with Crippen LogP contribution in [0.1, 0.15) is 6.92 Å². The van der Waals surface area contributed by atoms with Crippen LogP contribution in [0.4, 0.5) is 0 Å².